The summed E-state index contributed by atoms with van der Waals surface area (Å²) in [7, 11) is 0. The van der Waals surface area contributed by atoms with Crippen LogP contribution in [0.2, 0.25) is 10.0 Å². The third-order valence-corrected chi connectivity index (χ3v) is 4.44. The van der Waals surface area contributed by atoms with Crippen molar-refractivity contribution in [1.82, 2.24) is 0 Å². The standard InChI is InChI=1S/C20H17Cl2NO5/c1-2-26-10-14-13-5-3-4-6-17(13)28-19(14)20(25)27-11-18(24)23-16-9-12(21)7-8-15(16)22/h3-9H,2,10-11H2,1H3,(H,23,24). The molecule has 0 aliphatic carbocycles. The number of furan rings is 1. The van der Waals surface area contributed by atoms with E-state index in [4.69, 9.17) is 37.1 Å². The fourth-order valence-corrected chi connectivity index (χ4v) is 2.92. The number of fused-ring (bicyclic) bond motifs is 1. The van der Waals surface area contributed by atoms with E-state index in [1.807, 2.05) is 19.1 Å². The molecule has 0 saturated heterocycles. The maximum Gasteiger partial charge on any atom is 0.375 e. The average molecular weight is 422 g/mol. The summed E-state index contributed by atoms with van der Waals surface area (Å²) in [5.41, 5.74) is 1.45. The summed E-state index contributed by atoms with van der Waals surface area (Å²) in [5, 5.41) is 4.04. The molecule has 0 saturated carbocycles. The highest BCUT2D eigenvalue weighted by Crippen LogP contribution is 2.28. The molecule has 0 bridgehead atoms. The number of benzene rings is 2. The molecule has 0 spiro atoms. The van der Waals surface area contributed by atoms with Crippen molar-refractivity contribution < 1.29 is 23.5 Å². The molecule has 3 rings (SSSR count). The number of para-hydroxylation sites is 1. The number of nitrogens with one attached hydrogen (secondary N) is 1. The number of hydrogen-bond donors (Lipinski definition) is 1. The van der Waals surface area contributed by atoms with Crippen molar-refractivity contribution in [3.8, 4) is 0 Å². The Morgan fingerprint density at radius 2 is 1.93 bits per heavy atom. The first-order valence-corrected chi connectivity index (χ1v) is 9.25. The van der Waals surface area contributed by atoms with Gasteiger partial charge in [-0.25, -0.2) is 4.79 Å². The van der Waals surface area contributed by atoms with E-state index in [-0.39, 0.29) is 12.4 Å². The monoisotopic (exact) mass is 421 g/mol. The Hall–Kier alpha value is -2.54. The Morgan fingerprint density at radius 3 is 2.71 bits per heavy atom. The van der Waals surface area contributed by atoms with Crippen molar-refractivity contribution in [1.29, 1.82) is 0 Å². The maximum atomic E-state index is 12.5. The molecule has 3 aromatic rings. The molecule has 0 unspecified atom stereocenters. The van der Waals surface area contributed by atoms with Crippen LogP contribution in [0.5, 0.6) is 0 Å². The molecule has 0 radical (unpaired) electrons. The van der Waals surface area contributed by atoms with Gasteiger partial charge in [0.05, 0.1) is 17.3 Å². The Morgan fingerprint density at radius 1 is 1.14 bits per heavy atom. The Bertz CT molecular complexity index is 1010. The minimum absolute atomic E-state index is 0.0169. The lowest BCUT2D eigenvalue weighted by atomic mass is 10.1. The van der Waals surface area contributed by atoms with Crippen LogP contribution in [0.3, 0.4) is 0 Å². The highest BCUT2D eigenvalue weighted by molar-refractivity contribution is 6.35. The normalized spacial score (nSPS) is 10.8. The lowest BCUT2D eigenvalue weighted by Crippen LogP contribution is -2.21. The van der Waals surface area contributed by atoms with Gasteiger partial charge in [0.2, 0.25) is 5.76 Å². The van der Waals surface area contributed by atoms with E-state index < -0.39 is 18.5 Å². The molecule has 1 heterocycles. The predicted octanol–water partition coefficient (Wildman–Crippen LogP) is 5.07. The van der Waals surface area contributed by atoms with E-state index in [2.05, 4.69) is 5.32 Å². The molecule has 1 aromatic heterocycles. The first-order chi connectivity index (χ1) is 13.5. The number of amides is 1. The second-order valence-corrected chi connectivity index (χ2v) is 6.64. The van der Waals surface area contributed by atoms with Gasteiger partial charge in [-0.05, 0) is 31.2 Å². The summed E-state index contributed by atoms with van der Waals surface area (Å²) in [5.74, 6) is -1.29. The highest BCUT2D eigenvalue weighted by atomic mass is 35.5. The van der Waals surface area contributed by atoms with Gasteiger partial charge in [-0.15, -0.1) is 0 Å². The molecule has 28 heavy (non-hydrogen) atoms. The van der Waals surface area contributed by atoms with Crippen LogP contribution in [0.4, 0.5) is 5.69 Å². The fraction of sp³-hybridized carbons (Fsp3) is 0.200. The summed E-state index contributed by atoms with van der Waals surface area (Å²) in [6, 6.07) is 11.9. The van der Waals surface area contributed by atoms with Crippen molar-refractivity contribution >= 4 is 51.7 Å². The number of anilines is 1. The highest BCUT2D eigenvalue weighted by Gasteiger charge is 2.22. The van der Waals surface area contributed by atoms with Crippen molar-refractivity contribution in [2.24, 2.45) is 0 Å². The molecule has 2 aromatic carbocycles. The van der Waals surface area contributed by atoms with Crippen LogP contribution in [0, 0.1) is 0 Å². The van der Waals surface area contributed by atoms with Gasteiger partial charge in [-0.3, -0.25) is 4.79 Å². The fourth-order valence-electron chi connectivity index (χ4n) is 2.59. The van der Waals surface area contributed by atoms with Gasteiger partial charge >= 0.3 is 5.97 Å². The molecule has 6 nitrogen and oxygen atoms in total. The van der Waals surface area contributed by atoms with E-state index in [0.717, 1.165) is 5.39 Å². The van der Waals surface area contributed by atoms with E-state index >= 15 is 0 Å². The minimum Gasteiger partial charge on any atom is -0.450 e. The average Bonchev–Trinajstić information content (AvgIpc) is 3.06. The van der Waals surface area contributed by atoms with Crippen molar-refractivity contribution in [2.75, 3.05) is 18.5 Å². The summed E-state index contributed by atoms with van der Waals surface area (Å²) in [6.07, 6.45) is 0. The van der Waals surface area contributed by atoms with Gasteiger partial charge in [0, 0.05) is 22.6 Å². The number of esters is 1. The lowest BCUT2D eigenvalue weighted by Gasteiger charge is -2.08. The lowest BCUT2D eigenvalue weighted by molar-refractivity contribution is -0.119. The summed E-state index contributed by atoms with van der Waals surface area (Å²) in [4.78, 5) is 24.6. The summed E-state index contributed by atoms with van der Waals surface area (Å²) in [6.45, 7) is 2.03. The van der Waals surface area contributed by atoms with Crippen LogP contribution < -0.4 is 5.32 Å². The number of rotatable bonds is 7. The zero-order chi connectivity index (χ0) is 20.1. The van der Waals surface area contributed by atoms with E-state index in [0.29, 0.717) is 33.5 Å². The number of halogens is 2. The summed E-state index contributed by atoms with van der Waals surface area (Å²) < 4.78 is 16.2. The first kappa shape index (κ1) is 20.2. The maximum absolute atomic E-state index is 12.5. The number of hydrogen-bond acceptors (Lipinski definition) is 5. The van der Waals surface area contributed by atoms with Crippen LogP contribution in [-0.2, 0) is 20.9 Å². The van der Waals surface area contributed by atoms with Crippen LogP contribution in [0.1, 0.15) is 23.0 Å². The Labute approximate surface area is 171 Å². The number of ether oxygens (including phenoxy) is 2. The smallest absolute Gasteiger partial charge is 0.375 e. The first-order valence-electron chi connectivity index (χ1n) is 8.49. The van der Waals surface area contributed by atoms with Crippen LogP contribution in [-0.4, -0.2) is 25.1 Å². The van der Waals surface area contributed by atoms with Gasteiger partial charge in [-0.2, -0.15) is 0 Å². The van der Waals surface area contributed by atoms with Gasteiger partial charge in [-0.1, -0.05) is 41.4 Å². The number of carbonyl (C=O) groups excluding carboxylic acids is 2. The van der Waals surface area contributed by atoms with Gasteiger partial charge < -0.3 is 19.2 Å². The quantitative estimate of drug-likeness (QED) is 0.538. The van der Waals surface area contributed by atoms with E-state index in [9.17, 15) is 9.59 Å². The molecular weight excluding hydrogens is 405 g/mol. The molecule has 1 amide bonds. The molecule has 0 atom stereocenters. The second kappa shape index (κ2) is 9.10. The Balaban J connectivity index is 1.70. The van der Waals surface area contributed by atoms with Crippen LogP contribution >= 0.6 is 23.2 Å². The SMILES string of the molecule is CCOCc1c(C(=O)OCC(=O)Nc2cc(Cl)ccc2Cl)oc2ccccc12. The van der Waals surface area contributed by atoms with Gasteiger partial charge in [0.15, 0.2) is 6.61 Å². The Kier molecular flexibility index (Phi) is 6.57. The molecule has 8 heteroatoms. The zero-order valence-corrected chi connectivity index (χ0v) is 16.5. The van der Waals surface area contributed by atoms with Crippen LogP contribution in [0.25, 0.3) is 11.0 Å². The van der Waals surface area contributed by atoms with Crippen molar-refractivity contribution in [2.45, 2.75) is 13.5 Å². The van der Waals surface area contributed by atoms with Crippen molar-refractivity contribution in [3.63, 3.8) is 0 Å². The predicted molar refractivity (Wildman–Crippen MR) is 107 cm³/mol. The number of carbonyl (C=O) groups is 2. The molecule has 0 aliphatic heterocycles. The van der Waals surface area contributed by atoms with Gasteiger partial charge in [0.1, 0.15) is 5.58 Å². The third-order valence-electron chi connectivity index (χ3n) is 3.87. The summed E-state index contributed by atoms with van der Waals surface area (Å²) >= 11 is 11.9. The molecule has 0 aliphatic rings. The zero-order valence-electron chi connectivity index (χ0n) is 15.0. The van der Waals surface area contributed by atoms with Gasteiger partial charge in [0.25, 0.3) is 5.91 Å². The molecule has 1 N–H and O–H groups in total. The molecule has 0 fully saturated rings. The van der Waals surface area contributed by atoms with E-state index in [1.165, 1.54) is 6.07 Å². The van der Waals surface area contributed by atoms with Crippen LogP contribution in [0.15, 0.2) is 46.9 Å². The third kappa shape index (κ3) is 4.65. The molecular formula is C20H17Cl2NO5. The molecule has 146 valence electrons. The van der Waals surface area contributed by atoms with E-state index in [1.54, 1.807) is 24.3 Å². The minimum atomic E-state index is -0.752. The largest absolute Gasteiger partial charge is 0.450 e. The topological polar surface area (TPSA) is 77.8 Å². The van der Waals surface area contributed by atoms with Crippen molar-refractivity contribution in [3.05, 3.63) is 63.8 Å². The second-order valence-electron chi connectivity index (χ2n) is 5.79.